The van der Waals surface area contributed by atoms with Gasteiger partial charge in [-0.1, -0.05) is 38.5 Å². The third kappa shape index (κ3) is 5.56. The van der Waals surface area contributed by atoms with Gasteiger partial charge in [0, 0.05) is 7.11 Å². The molecule has 2 fully saturated rings. The lowest BCUT2D eigenvalue weighted by molar-refractivity contribution is 0.171. The van der Waals surface area contributed by atoms with Gasteiger partial charge in [-0.05, 0) is 0 Å². The van der Waals surface area contributed by atoms with E-state index in [0.717, 1.165) is 13.2 Å². The highest BCUT2D eigenvalue weighted by molar-refractivity contribution is 4.66. The zero-order valence-electron chi connectivity index (χ0n) is 8.05. The first kappa shape index (κ1) is 10.0. The predicted molar refractivity (Wildman–Crippen MR) is 49.3 cm³/mol. The van der Waals surface area contributed by atoms with Gasteiger partial charge in [0.1, 0.15) is 6.10 Å². The Balaban J connectivity index is 0.000000120. The van der Waals surface area contributed by atoms with E-state index in [9.17, 15) is 0 Å². The van der Waals surface area contributed by atoms with Crippen molar-refractivity contribution in [1.82, 2.24) is 0 Å². The van der Waals surface area contributed by atoms with Crippen LogP contribution in [0.4, 0.5) is 0 Å². The first-order valence-electron chi connectivity index (χ1n) is 5.04. The van der Waals surface area contributed by atoms with Crippen LogP contribution in [-0.2, 0) is 9.47 Å². The van der Waals surface area contributed by atoms with Gasteiger partial charge in [-0.3, -0.25) is 0 Å². The minimum Gasteiger partial charge on any atom is -0.382 e. The van der Waals surface area contributed by atoms with Crippen LogP contribution in [0, 0.1) is 0 Å². The molecule has 1 saturated carbocycles. The van der Waals surface area contributed by atoms with Crippen molar-refractivity contribution in [2.45, 2.75) is 44.6 Å². The molecule has 0 amide bonds. The van der Waals surface area contributed by atoms with E-state index in [1.807, 2.05) is 0 Å². The molecule has 0 bridgehead atoms. The maximum absolute atomic E-state index is 4.82. The second kappa shape index (κ2) is 6.44. The first-order valence-corrected chi connectivity index (χ1v) is 5.04. The van der Waals surface area contributed by atoms with Gasteiger partial charge in [-0.25, -0.2) is 0 Å². The summed E-state index contributed by atoms with van der Waals surface area (Å²) >= 11 is 0. The van der Waals surface area contributed by atoms with E-state index in [4.69, 9.17) is 9.47 Å². The largest absolute Gasteiger partial charge is 0.382 e. The SMILES string of the molecule is C1CCCCC1.COCC1CO1. The summed E-state index contributed by atoms with van der Waals surface area (Å²) in [5.41, 5.74) is 0. The maximum Gasteiger partial charge on any atom is 0.104 e. The van der Waals surface area contributed by atoms with Crippen molar-refractivity contribution in [1.29, 1.82) is 0 Å². The van der Waals surface area contributed by atoms with Gasteiger partial charge in [0.2, 0.25) is 0 Å². The lowest BCUT2D eigenvalue weighted by Gasteiger charge is -2.05. The molecule has 1 aliphatic heterocycles. The molecule has 2 nitrogen and oxygen atoms in total. The summed E-state index contributed by atoms with van der Waals surface area (Å²) in [5, 5.41) is 0. The summed E-state index contributed by atoms with van der Waals surface area (Å²) in [7, 11) is 1.68. The van der Waals surface area contributed by atoms with E-state index < -0.39 is 0 Å². The van der Waals surface area contributed by atoms with Gasteiger partial charge in [-0.15, -0.1) is 0 Å². The van der Waals surface area contributed by atoms with E-state index in [0.29, 0.717) is 6.10 Å². The predicted octanol–water partition coefficient (Wildman–Crippen LogP) is 2.37. The zero-order valence-corrected chi connectivity index (χ0v) is 8.05. The summed E-state index contributed by atoms with van der Waals surface area (Å²) in [5.74, 6) is 0. The van der Waals surface area contributed by atoms with Crippen molar-refractivity contribution in [3.63, 3.8) is 0 Å². The van der Waals surface area contributed by atoms with Crippen LogP contribution in [0.2, 0.25) is 0 Å². The van der Waals surface area contributed by atoms with Crippen molar-refractivity contribution in [2.75, 3.05) is 20.3 Å². The highest BCUT2D eigenvalue weighted by Crippen LogP contribution is 2.15. The molecule has 72 valence electrons. The topological polar surface area (TPSA) is 21.8 Å². The van der Waals surface area contributed by atoms with Crippen LogP contribution in [0.25, 0.3) is 0 Å². The van der Waals surface area contributed by atoms with Crippen LogP contribution in [0.3, 0.4) is 0 Å². The van der Waals surface area contributed by atoms with Crippen LogP contribution in [0.5, 0.6) is 0 Å². The molecule has 1 unspecified atom stereocenters. The molecule has 1 heterocycles. The minimum absolute atomic E-state index is 0.426. The monoisotopic (exact) mass is 172 g/mol. The number of ether oxygens (including phenoxy) is 2. The van der Waals surface area contributed by atoms with Crippen LogP contribution >= 0.6 is 0 Å². The van der Waals surface area contributed by atoms with E-state index in [1.54, 1.807) is 7.11 Å². The number of hydrogen-bond acceptors (Lipinski definition) is 2. The Morgan fingerprint density at radius 3 is 1.67 bits per heavy atom. The molecule has 0 N–H and O–H groups in total. The molecule has 1 saturated heterocycles. The second-order valence-corrected chi connectivity index (χ2v) is 3.53. The molecule has 0 aromatic rings. The first-order chi connectivity index (χ1) is 5.93. The Hall–Kier alpha value is -0.0800. The minimum atomic E-state index is 0.426. The fourth-order valence-electron chi connectivity index (χ4n) is 1.41. The molecule has 1 aliphatic carbocycles. The third-order valence-corrected chi connectivity index (χ3v) is 2.25. The Morgan fingerprint density at radius 2 is 1.50 bits per heavy atom. The fourth-order valence-corrected chi connectivity index (χ4v) is 1.41. The molecular weight excluding hydrogens is 152 g/mol. The van der Waals surface area contributed by atoms with Gasteiger partial charge >= 0.3 is 0 Å². The summed E-state index contributed by atoms with van der Waals surface area (Å²) in [6, 6.07) is 0. The van der Waals surface area contributed by atoms with E-state index >= 15 is 0 Å². The van der Waals surface area contributed by atoms with Gasteiger partial charge in [-0.2, -0.15) is 0 Å². The molecule has 0 aromatic carbocycles. The van der Waals surface area contributed by atoms with Gasteiger partial charge in [0.15, 0.2) is 0 Å². The van der Waals surface area contributed by atoms with Crippen LogP contribution < -0.4 is 0 Å². The summed E-state index contributed by atoms with van der Waals surface area (Å²) in [6.45, 7) is 1.66. The summed E-state index contributed by atoms with van der Waals surface area (Å²) < 4.78 is 9.56. The second-order valence-electron chi connectivity index (χ2n) is 3.53. The zero-order chi connectivity index (χ0) is 8.65. The molecule has 2 heteroatoms. The summed E-state index contributed by atoms with van der Waals surface area (Å²) in [6.07, 6.45) is 9.43. The number of hydrogen-bond donors (Lipinski definition) is 0. The number of rotatable bonds is 2. The van der Waals surface area contributed by atoms with Crippen molar-refractivity contribution in [3.05, 3.63) is 0 Å². The molecule has 0 aromatic heterocycles. The van der Waals surface area contributed by atoms with Crippen LogP contribution in [0.15, 0.2) is 0 Å². The fraction of sp³-hybridized carbons (Fsp3) is 1.00. The van der Waals surface area contributed by atoms with Crippen molar-refractivity contribution in [2.24, 2.45) is 0 Å². The quantitative estimate of drug-likeness (QED) is 0.596. The standard InChI is InChI=1S/C6H12.C4H8O2/c1-2-4-6-5-3-1;1-5-2-4-3-6-4/h1-6H2;4H,2-3H2,1H3. The maximum atomic E-state index is 4.82. The number of epoxide rings is 1. The average molecular weight is 172 g/mol. The Bertz CT molecular complexity index is 84.5. The van der Waals surface area contributed by atoms with Gasteiger partial charge in [0.05, 0.1) is 13.2 Å². The molecule has 0 spiro atoms. The average Bonchev–Trinajstić information content (AvgIpc) is 2.93. The van der Waals surface area contributed by atoms with Crippen LogP contribution in [0.1, 0.15) is 38.5 Å². The van der Waals surface area contributed by atoms with E-state index in [1.165, 1.54) is 38.5 Å². The highest BCUT2D eigenvalue weighted by Gasteiger charge is 2.21. The van der Waals surface area contributed by atoms with Crippen molar-refractivity contribution < 1.29 is 9.47 Å². The van der Waals surface area contributed by atoms with E-state index in [-0.39, 0.29) is 0 Å². The Morgan fingerprint density at radius 1 is 1.08 bits per heavy atom. The molecule has 12 heavy (non-hydrogen) atoms. The van der Waals surface area contributed by atoms with Crippen molar-refractivity contribution >= 4 is 0 Å². The Labute approximate surface area is 75.2 Å². The van der Waals surface area contributed by atoms with Crippen LogP contribution in [-0.4, -0.2) is 26.4 Å². The smallest absolute Gasteiger partial charge is 0.104 e. The molecular formula is C10H20O2. The molecule has 0 radical (unpaired) electrons. The molecule has 2 aliphatic rings. The lowest BCUT2D eigenvalue weighted by atomic mass is 10.0. The van der Waals surface area contributed by atoms with Gasteiger partial charge in [0.25, 0.3) is 0 Å². The normalized spacial score (nSPS) is 27.2. The van der Waals surface area contributed by atoms with Crippen molar-refractivity contribution in [3.8, 4) is 0 Å². The summed E-state index contributed by atoms with van der Waals surface area (Å²) in [4.78, 5) is 0. The molecule has 1 atom stereocenters. The lowest BCUT2D eigenvalue weighted by Crippen LogP contribution is -1.94. The highest BCUT2D eigenvalue weighted by atomic mass is 16.6. The molecule has 2 rings (SSSR count). The Kier molecular flexibility index (Phi) is 5.37. The van der Waals surface area contributed by atoms with E-state index in [2.05, 4.69) is 0 Å². The number of methoxy groups -OCH3 is 1. The van der Waals surface area contributed by atoms with Gasteiger partial charge < -0.3 is 9.47 Å². The third-order valence-electron chi connectivity index (χ3n) is 2.25.